The Morgan fingerprint density at radius 2 is 1.95 bits per heavy atom. The van der Waals surface area contributed by atoms with Crippen molar-refractivity contribution in [2.45, 2.75) is 44.8 Å². The highest BCUT2D eigenvalue weighted by atomic mass is 15.2. The first-order chi connectivity index (χ1) is 10.3. The fourth-order valence-electron chi connectivity index (χ4n) is 3.96. The van der Waals surface area contributed by atoms with Crippen molar-refractivity contribution >= 4 is 0 Å². The molecule has 1 N–H and O–H groups in total. The molecule has 1 aromatic rings. The van der Waals surface area contributed by atoms with E-state index < -0.39 is 0 Å². The highest BCUT2D eigenvalue weighted by Crippen LogP contribution is 2.31. The van der Waals surface area contributed by atoms with E-state index >= 15 is 0 Å². The quantitative estimate of drug-likeness (QED) is 0.922. The zero-order chi connectivity index (χ0) is 14.7. The van der Waals surface area contributed by atoms with Crippen LogP contribution in [-0.4, -0.2) is 49.1 Å². The molecule has 3 heteroatoms. The number of hydrogen-bond acceptors (Lipinski definition) is 3. The molecule has 116 valence electrons. The van der Waals surface area contributed by atoms with Gasteiger partial charge in [0, 0.05) is 18.6 Å². The van der Waals surface area contributed by atoms with Crippen molar-refractivity contribution in [2.24, 2.45) is 0 Å². The van der Waals surface area contributed by atoms with Crippen LogP contribution in [0, 0.1) is 0 Å². The Hall–Kier alpha value is -0.900. The number of likely N-dealkylation sites (tertiary alicyclic amines) is 1. The molecule has 3 nitrogen and oxygen atoms in total. The minimum Gasteiger partial charge on any atom is -0.313 e. The maximum atomic E-state index is 3.57. The first-order valence-corrected chi connectivity index (χ1v) is 8.52. The number of nitrogens with one attached hydrogen (secondary N) is 1. The van der Waals surface area contributed by atoms with Gasteiger partial charge >= 0.3 is 0 Å². The number of rotatable bonds is 3. The molecule has 1 fully saturated rings. The van der Waals surface area contributed by atoms with Crippen molar-refractivity contribution < 1.29 is 0 Å². The lowest BCUT2D eigenvalue weighted by Gasteiger charge is -2.40. The molecule has 3 rings (SSSR count). The second-order valence-corrected chi connectivity index (χ2v) is 6.51. The van der Waals surface area contributed by atoms with Gasteiger partial charge in [-0.15, -0.1) is 0 Å². The maximum absolute atomic E-state index is 3.57. The molecule has 0 radical (unpaired) electrons. The van der Waals surface area contributed by atoms with Gasteiger partial charge in [-0.3, -0.25) is 4.90 Å². The van der Waals surface area contributed by atoms with Crippen LogP contribution >= 0.6 is 0 Å². The Morgan fingerprint density at radius 1 is 1.19 bits per heavy atom. The van der Waals surface area contributed by atoms with E-state index in [0.717, 1.165) is 19.1 Å². The van der Waals surface area contributed by atoms with E-state index in [0.29, 0.717) is 6.04 Å². The molecule has 0 amide bonds. The van der Waals surface area contributed by atoms with E-state index in [9.17, 15) is 0 Å². The Morgan fingerprint density at radius 3 is 2.71 bits per heavy atom. The summed E-state index contributed by atoms with van der Waals surface area (Å²) in [5, 5.41) is 3.57. The SMILES string of the molecule is CCN1CCC(N(C)C2CCNCc3ccccc32)CC1. The highest BCUT2D eigenvalue weighted by molar-refractivity contribution is 5.31. The van der Waals surface area contributed by atoms with Crippen molar-refractivity contribution in [3.8, 4) is 0 Å². The molecule has 0 saturated carbocycles. The lowest BCUT2D eigenvalue weighted by Crippen LogP contribution is -2.44. The highest BCUT2D eigenvalue weighted by Gasteiger charge is 2.29. The molecule has 0 aliphatic carbocycles. The average Bonchev–Trinajstić information content (AvgIpc) is 2.77. The van der Waals surface area contributed by atoms with E-state index in [1.165, 1.54) is 44.5 Å². The monoisotopic (exact) mass is 287 g/mol. The largest absolute Gasteiger partial charge is 0.313 e. The van der Waals surface area contributed by atoms with Crippen molar-refractivity contribution in [1.29, 1.82) is 0 Å². The zero-order valence-corrected chi connectivity index (χ0v) is 13.5. The predicted octanol–water partition coefficient (Wildman–Crippen LogP) is 2.64. The van der Waals surface area contributed by atoms with E-state index in [2.05, 4.69) is 53.4 Å². The normalized spacial score (nSPS) is 24.8. The molecule has 2 heterocycles. The Bertz CT molecular complexity index is 452. The first-order valence-electron chi connectivity index (χ1n) is 8.52. The molecule has 1 atom stereocenters. The molecular formula is C18H29N3. The topological polar surface area (TPSA) is 18.5 Å². The molecule has 2 aliphatic rings. The van der Waals surface area contributed by atoms with Crippen LogP contribution in [0.1, 0.15) is 43.4 Å². The van der Waals surface area contributed by atoms with Crippen LogP contribution in [0.3, 0.4) is 0 Å². The summed E-state index contributed by atoms with van der Waals surface area (Å²) in [7, 11) is 2.35. The van der Waals surface area contributed by atoms with Crippen LogP contribution in [0.25, 0.3) is 0 Å². The van der Waals surface area contributed by atoms with E-state index in [4.69, 9.17) is 0 Å². The summed E-state index contributed by atoms with van der Waals surface area (Å²) in [5.41, 5.74) is 3.03. The summed E-state index contributed by atoms with van der Waals surface area (Å²) in [6, 6.07) is 10.3. The summed E-state index contributed by atoms with van der Waals surface area (Å²) < 4.78 is 0. The van der Waals surface area contributed by atoms with Crippen LogP contribution in [0.15, 0.2) is 24.3 Å². The minimum atomic E-state index is 0.578. The van der Waals surface area contributed by atoms with Gasteiger partial charge in [-0.05, 0) is 63.6 Å². The van der Waals surface area contributed by atoms with Crippen LogP contribution in [0.4, 0.5) is 0 Å². The summed E-state index contributed by atoms with van der Waals surface area (Å²) in [6.45, 7) is 8.15. The average molecular weight is 287 g/mol. The predicted molar refractivity (Wildman–Crippen MR) is 88.4 cm³/mol. The second kappa shape index (κ2) is 6.91. The van der Waals surface area contributed by atoms with Gasteiger partial charge in [0.2, 0.25) is 0 Å². The smallest absolute Gasteiger partial charge is 0.0363 e. The van der Waals surface area contributed by atoms with Crippen molar-refractivity contribution in [2.75, 3.05) is 33.2 Å². The molecular weight excluding hydrogens is 258 g/mol. The second-order valence-electron chi connectivity index (χ2n) is 6.51. The van der Waals surface area contributed by atoms with Crippen molar-refractivity contribution in [1.82, 2.24) is 15.1 Å². The molecule has 1 saturated heterocycles. The summed E-state index contributed by atoms with van der Waals surface area (Å²) in [4.78, 5) is 5.24. The van der Waals surface area contributed by atoms with Gasteiger partial charge in [0.15, 0.2) is 0 Å². The van der Waals surface area contributed by atoms with Crippen LogP contribution < -0.4 is 5.32 Å². The summed E-state index contributed by atoms with van der Waals surface area (Å²) >= 11 is 0. The first kappa shape index (κ1) is 15.0. The fourth-order valence-corrected chi connectivity index (χ4v) is 3.96. The molecule has 21 heavy (non-hydrogen) atoms. The number of nitrogens with zero attached hydrogens (tertiary/aromatic N) is 2. The molecule has 1 unspecified atom stereocenters. The van der Waals surface area contributed by atoms with E-state index in [1.807, 2.05) is 0 Å². The summed E-state index contributed by atoms with van der Waals surface area (Å²) in [6.07, 6.45) is 3.86. The lowest BCUT2D eigenvalue weighted by molar-refractivity contribution is 0.0953. The summed E-state index contributed by atoms with van der Waals surface area (Å²) in [5.74, 6) is 0. The standard InChI is InChI=1S/C18H29N3/c1-3-21-12-9-16(10-13-21)20(2)18-8-11-19-14-15-6-4-5-7-17(15)18/h4-7,16,18-19H,3,8-14H2,1-2H3. The van der Waals surface area contributed by atoms with Gasteiger partial charge in [-0.2, -0.15) is 0 Å². The van der Waals surface area contributed by atoms with Crippen LogP contribution in [0.5, 0.6) is 0 Å². The van der Waals surface area contributed by atoms with Gasteiger partial charge in [-0.1, -0.05) is 31.2 Å². The Balaban J connectivity index is 1.74. The number of piperidine rings is 1. The van der Waals surface area contributed by atoms with Gasteiger partial charge < -0.3 is 10.2 Å². The minimum absolute atomic E-state index is 0.578. The van der Waals surface area contributed by atoms with Gasteiger partial charge in [-0.25, -0.2) is 0 Å². The lowest BCUT2D eigenvalue weighted by atomic mass is 9.94. The van der Waals surface area contributed by atoms with Crippen LogP contribution in [0.2, 0.25) is 0 Å². The number of fused-ring (bicyclic) bond motifs is 1. The van der Waals surface area contributed by atoms with Gasteiger partial charge in [0.25, 0.3) is 0 Å². The maximum Gasteiger partial charge on any atom is 0.0363 e. The molecule has 0 aromatic heterocycles. The van der Waals surface area contributed by atoms with Gasteiger partial charge in [0.05, 0.1) is 0 Å². The number of hydrogen-bond donors (Lipinski definition) is 1. The third-order valence-electron chi connectivity index (χ3n) is 5.40. The molecule has 2 aliphatic heterocycles. The van der Waals surface area contributed by atoms with E-state index in [-0.39, 0.29) is 0 Å². The van der Waals surface area contributed by atoms with E-state index in [1.54, 1.807) is 5.56 Å². The zero-order valence-electron chi connectivity index (χ0n) is 13.5. The van der Waals surface area contributed by atoms with Crippen molar-refractivity contribution in [3.05, 3.63) is 35.4 Å². The molecule has 0 spiro atoms. The Kier molecular flexibility index (Phi) is 4.94. The van der Waals surface area contributed by atoms with Crippen LogP contribution in [-0.2, 0) is 6.54 Å². The van der Waals surface area contributed by atoms with Gasteiger partial charge in [0.1, 0.15) is 0 Å². The third-order valence-corrected chi connectivity index (χ3v) is 5.40. The Labute approximate surface area is 129 Å². The molecule has 0 bridgehead atoms. The van der Waals surface area contributed by atoms with Crippen molar-refractivity contribution in [3.63, 3.8) is 0 Å². The third kappa shape index (κ3) is 3.31. The molecule has 1 aromatic carbocycles. The fraction of sp³-hybridized carbons (Fsp3) is 0.667. The number of benzene rings is 1.